The van der Waals surface area contributed by atoms with Crippen LogP contribution in [0.1, 0.15) is 104 Å². The molecule has 0 bridgehead atoms. The number of imide groups is 1. The molecule has 11 rings (SSSR count). The van der Waals surface area contributed by atoms with Gasteiger partial charge in [-0.2, -0.15) is 0 Å². The Morgan fingerprint density at radius 3 is 2.46 bits per heavy atom. The van der Waals surface area contributed by atoms with Crippen LogP contribution in [0.5, 0.6) is 0 Å². The maximum atomic E-state index is 14.1. The van der Waals surface area contributed by atoms with Gasteiger partial charge < -0.3 is 29.7 Å². The summed E-state index contributed by atoms with van der Waals surface area (Å²) in [4.78, 5) is 87.3. The third-order valence-electron chi connectivity index (χ3n) is 15.3. The molecule has 9 heterocycles. The fraction of sp³-hybridized carbons (Fsp3) is 0.442. The van der Waals surface area contributed by atoms with Crippen LogP contribution in [0, 0.1) is 0 Å². The number of amides is 4. The molecule has 16 nitrogen and oxygen atoms in total. The van der Waals surface area contributed by atoms with Gasteiger partial charge in [0.05, 0.1) is 23.4 Å². The Hall–Kier alpha value is -6.43. The summed E-state index contributed by atoms with van der Waals surface area (Å²) in [6, 6.07) is 13.1. The first-order valence-corrected chi connectivity index (χ1v) is 25.1. The lowest BCUT2D eigenvalue weighted by Crippen LogP contribution is -2.58. The van der Waals surface area contributed by atoms with E-state index in [1.807, 2.05) is 18.2 Å². The Bertz CT molecular complexity index is 3070. The van der Waals surface area contributed by atoms with Crippen LogP contribution in [0.4, 0.5) is 28.7 Å². The summed E-state index contributed by atoms with van der Waals surface area (Å²) in [5, 5.41) is 16.3. The van der Waals surface area contributed by atoms with Crippen molar-refractivity contribution in [2.45, 2.75) is 109 Å². The molecule has 4 amide bonds. The molecule has 1 aromatic carbocycles. The number of nitrogens with zero attached hydrogens (tertiary/aromatic N) is 8. The van der Waals surface area contributed by atoms with Gasteiger partial charge in [-0.05, 0) is 130 Å². The van der Waals surface area contributed by atoms with E-state index in [1.54, 1.807) is 51.7 Å². The quantitative estimate of drug-likeness (QED) is 0.157. The second-order valence-electron chi connectivity index (χ2n) is 19.4. The highest BCUT2D eigenvalue weighted by Gasteiger charge is 2.40. The lowest BCUT2D eigenvalue weighted by Gasteiger charge is -2.48. The summed E-state index contributed by atoms with van der Waals surface area (Å²) in [6.07, 6.45) is 12.0. The molecular formula is C52H58N10O6S. The monoisotopic (exact) mass is 953 g/mol. The first kappa shape index (κ1) is 41.5. The largest absolute Gasteiger partial charge is 0.392 e. The highest BCUT2D eigenvalue weighted by Crippen LogP contribution is 2.41. The minimum Gasteiger partial charge on any atom is -0.392 e. The molecule has 6 aliphatic rings. The van der Waals surface area contributed by atoms with Crippen LogP contribution in [-0.2, 0) is 49.0 Å². The first-order valence-electron chi connectivity index (χ1n) is 25.7. The van der Waals surface area contributed by atoms with Gasteiger partial charge in [-0.3, -0.25) is 39.1 Å². The van der Waals surface area contributed by atoms with Crippen molar-refractivity contribution in [1.29, 1.82) is 0 Å². The van der Waals surface area contributed by atoms with Crippen molar-refractivity contribution in [2.24, 2.45) is 6.98 Å². The molecule has 3 N–H and O–H groups in total. The fourth-order valence-corrected chi connectivity index (χ4v) is 13.1. The van der Waals surface area contributed by atoms with E-state index in [0.717, 1.165) is 92.1 Å². The van der Waals surface area contributed by atoms with Crippen molar-refractivity contribution in [3.8, 4) is 11.1 Å². The molecule has 3 saturated heterocycles. The van der Waals surface area contributed by atoms with Gasteiger partial charge in [-0.25, -0.2) is 9.97 Å². The zero-order valence-electron chi connectivity index (χ0n) is 41.9. The number of carbonyl (C=O) groups is 4. The number of rotatable bonds is 9. The summed E-state index contributed by atoms with van der Waals surface area (Å²) in [5.74, 6) is -0.374. The second-order valence-corrected chi connectivity index (χ2v) is 20.5. The van der Waals surface area contributed by atoms with Crippen molar-refractivity contribution < 1.29 is 28.4 Å². The van der Waals surface area contributed by atoms with Crippen LogP contribution < -0.4 is 30.9 Å². The number of aliphatic hydroxyl groups excluding tert-OH is 1. The predicted molar refractivity (Wildman–Crippen MR) is 265 cm³/mol. The van der Waals surface area contributed by atoms with E-state index < -0.39 is 31.1 Å². The number of pyridine rings is 3. The average molecular weight is 954 g/mol. The van der Waals surface area contributed by atoms with Gasteiger partial charge in [0.1, 0.15) is 23.4 Å². The highest BCUT2D eigenvalue weighted by atomic mass is 32.1. The number of fused-ring (bicyclic) bond motifs is 4. The van der Waals surface area contributed by atoms with Crippen molar-refractivity contribution >= 4 is 63.7 Å². The Kier molecular flexibility index (Phi) is 10.9. The zero-order valence-corrected chi connectivity index (χ0v) is 39.7. The number of anilines is 5. The number of aryl methyl sites for hydroxylation is 2. The molecule has 5 aromatic rings. The van der Waals surface area contributed by atoms with Crippen LogP contribution in [0.15, 0.2) is 65.8 Å². The summed E-state index contributed by atoms with van der Waals surface area (Å²) in [7, 11) is 0. The molecule has 0 unspecified atom stereocenters. The summed E-state index contributed by atoms with van der Waals surface area (Å²) in [5.41, 5.74) is 6.33. The normalized spacial score (nSPS) is 23.8. The molecule has 358 valence electrons. The van der Waals surface area contributed by atoms with E-state index in [1.165, 1.54) is 16.6 Å². The molecule has 0 radical (unpaired) electrons. The van der Waals surface area contributed by atoms with E-state index >= 15 is 0 Å². The first-order chi connectivity index (χ1) is 34.6. The molecule has 5 aliphatic heterocycles. The Labute approximate surface area is 409 Å². The number of benzene rings is 1. The van der Waals surface area contributed by atoms with Gasteiger partial charge in [0, 0.05) is 115 Å². The number of thiophene rings is 1. The van der Waals surface area contributed by atoms with Gasteiger partial charge in [0.25, 0.3) is 17.4 Å². The van der Waals surface area contributed by atoms with Gasteiger partial charge in [0.2, 0.25) is 11.8 Å². The number of aliphatic hydroxyl groups is 1. The number of hydrogen-bond donors (Lipinski definition) is 3. The molecular weight excluding hydrogens is 893 g/mol. The molecule has 4 atom stereocenters. The highest BCUT2D eigenvalue weighted by molar-refractivity contribution is 7.14. The maximum absolute atomic E-state index is 14.1. The van der Waals surface area contributed by atoms with Gasteiger partial charge in [-0.1, -0.05) is 0 Å². The molecule has 0 spiro atoms. The number of nitrogens with one attached hydrogen (secondary N) is 2. The Morgan fingerprint density at radius 2 is 1.68 bits per heavy atom. The van der Waals surface area contributed by atoms with E-state index in [9.17, 15) is 29.1 Å². The van der Waals surface area contributed by atoms with E-state index in [4.69, 9.17) is 4.11 Å². The summed E-state index contributed by atoms with van der Waals surface area (Å²) >= 11 is 1.57. The third-order valence-corrected chi connectivity index (χ3v) is 16.6. The number of piperazine rings is 1. The summed E-state index contributed by atoms with van der Waals surface area (Å²) in [6.45, 7) is 5.31. The van der Waals surface area contributed by atoms with E-state index in [2.05, 4.69) is 55.2 Å². The van der Waals surface area contributed by atoms with Crippen molar-refractivity contribution in [1.82, 2.24) is 29.7 Å². The van der Waals surface area contributed by atoms with Crippen LogP contribution >= 0.6 is 11.3 Å². The SMILES string of the molecule is [2H]C([2H])([2H])n1cc(-c2ccnc(N3CCc4c(sc5c4CCCC5)C3=O)c2CO)cc(Nc2ccc(N3CCN([C@@H]4CCN(c5ccc6c(c5)CN([C@H]5CCC(=O)NC5=O)C6=O)[C@@H](C)C4)C[C@@H]3C)cn2)c1=O. The Morgan fingerprint density at radius 1 is 0.841 bits per heavy atom. The average Bonchev–Trinajstić information content (AvgIpc) is 3.91. The van der Waals surface area contributed by atoms with Crippen LogP contribution in [0.2, 0.25) is 0 Å². The summed E-state index contributed by atoms with van der Waals surface area (Å²) < 4.78 is 25.5. The molecule has 69 heavy (non-hydrogen) atoms. The molecule has 1 aliphatic carbocycles. The van der Waals surface area contributed by atoms with Gasteiger partial charge in [-0.15, -0.1) is 11.3 Å². The van der Waals surface area contributed by atoms with E-state index in [-0.39, 0.29) is 41.9 Å². The van der Waals surface area contributed by atoms with Crippen molar-refractivity contribution in [3.63, 3.8) is 0 Å². The van der Waals surface area contributed by atoms with E-state index in [0.29, 0.717) is 70.4 Å². The standard InChI is InChI=1S/C52H58N10O6S/c1-30-22-34(15-18-59(30)35-8-10-38-32(23-35)28-62(50(38)66)43-11-13-46(64)56-49(43)65)58-20-21-60(31(2)26-58)36-9-12-45(54-25-36)55-42-24-33(27-57(3)51(42)67)37-14-17-53-48(41(37)29-63)61-19-16-40-39-6-4-5-7-44(39)69-47(40)52(61)68/h8-10,12,14,17,23-25,27,30-31,34,43,63H,4-7,11,13,15-16,18-22,26,28-29H2,1-3H3,(H,54,55)(H,56,64,65)/t30-,31-,34+,43-/m0/s1/i3D3. The fourth-order valence-electron chi connectivity index (χ4n) is 11.7. The minimum atomic E-state index is -2.82. The predicted octanol–water partition coefficient (Wildman–Crippen LogP) is 5.55. The Balaban J connectivity index is 0.749. The van der Waals surface area contributed by atoms with Gasteiger partial charge >= 0.3 is 0 Å². The van der Waals surface area contributed by atoms with Crippen LogP contribution in [-0.4, -0.2) is 110 Å². The number of hydrogen-bond acceptors (Lipinski definition) is 13. The molecule has 3 fully saturated rings. The number of piperidine rings is 2. The van der Waals surface area contributed by atoms with Crippen LogP contribution in [0.25, 0.3) is 11.1 Å². The lowest BCUT2D eigenvalue weighted by molar-refractivity contribution is -0.136. The second kappa shape index (κ2) is 18.1. The van der Waals surface area contributed by atoms with Crippen molar-refractivity contribution in [2.75, 3.05) is 52.7 Å². The lowest BCUT2D eigenvalue weighted by atomic mass is 9.92. The minimum absolute atomic E-state index is 0.0149. The van der Waals surface area contributed by atoms with Crippen LogP contribution in [0.3, 0.4) is 0 Å². The third kappa shape index (κ3) is 8.17. The van der Waals surface area contributed by atoms with Crippen molar-refractivity contribution in [3.05, 3.63) is 109 Å². The maximum Gasteiger partial charge on any atom is 0.274 e. The number of carbonyl (C=O) groups excluding carboxylic acids is 4. The zero-order chi connectivity index (χ0) is 50.2. The topological polar surface area (TPSA) is 177 Å². The molecule has 17 heteroatoms. The van der Waals surface area contributed by atoms with Gasteiger partial charge in [0.15, 0.2) is 0 Å². The number of aromatic nitrogens is 3. The smallest absolute Gasteiger partial charge is 0.274 e. The molecule has 0 saturated carbocycles. The molecule has 4 aromatic heterocycles.